The van der Waals surface area contributed by atoms with Crippen molar-refractivity contribution in [3.05, 3.63) is 60.8 Å². The lowest BCUT2D eigenvalue weighted by molar-refractivity contribution is -0.147. The van der Waals surface area contributed by atoms with Gasteiger partial charge in [0.05, 0.1) is 6.61 Å². The molecule has 280 valence electrons. The first-order valence-electron chi connectivity index (χ1n) is 18.8. The molecule has 0 unspecified atom stereocenters. The molecule has 9 nitrogen and oxygen atoms in total. The maximum absolute atomic E-state index is 12.1. The van der Waals surface area contributed by atoms with Crippen LogP contribution in [0.1, 0.15) is 149 Å². The Hall–Kier alpha value is -3.62. The summed E-state index contributed by atoms with van der Waals surface area (Å²) in [6.07, 6.45) is 40.8. The number of esters is 1. The largest absolute Gasteiger partial charge is 0.481 e. The highest BCUT2D eigenvalue weighted by atomic mass is 16.5. The van der Waals surface area contributed by atoms with Gasteiger partial charge in [0.2, 0.25) is 5.91 Å². The predicted molar refractivity (Wildman–Crippen MR) is 206 cm³/mol. The zero-order valence-corrected chi connectivity index (χ0v) is 31.1. The zero-order valence-electron chi connectivity index (χ0n) is 31.1. The lowest BCUT2D eigenvalue weighted by Gasteiger charge is -2.17. The highest BCUT2D eigenvalue weighted by Gasteiger charge is 2.21. The topological polar surface area (TPSA) is 157 Å². The summed E-state index contributed by atoms with van der Waals surface area (Å²) in [5.74, 6) is -1.19. The number of aliphatic imine (C=N–C) groups is 1. The molecule has 9 heteroatoms. The van der Waals surface area contributed by atoms with Crippen molar-refractivity contribution in [1.82, 2.24) is 5.32 Å². The summed E-state index contributed by atoms with van der Waals surface area (Å²) in [6, 6.07) is -0.634. The Morgan fingerprint density at radius 2 is 1.18 bits per heavy atom. The summed E-state index contributed by atoms with van der Waals surface area (Å²) in [7, 11) is 0. The normalized spacial score (nSPS) is 12.1. The molecule has 1 amide bonds. The van der Waals surface area contributed by atoms with Crippen LogP contribution in [0.15, 0.2) is 65.8 Å². The number of hydrogen-bond donors (Lipinski definition) is 4. The SMILES string of the molecule is CC/C=C/C/C=C/C/C=C/C/C=C/C/C=C/CCCC(=O)O.CCCCCCCCCCCC(=O)N[C@@H](CCCN=C(N)N)C(=O)OCC. The monoisotopic (exact) mass is 687 g/mol. The molecule has 0 aromatic carbocycles. The zero-order chi connectivity index (χ0) is 36.6. The molecule has 0 aliphatic carbocycles. The van der Waals surface area contributed by atoms with Crippen LogP contribution in [-0.2, 0) is 19.1 Å². The number of unbranched alkanes of at least 4 members (excludes halogenated alkanes) is 9. The summed E-state index contributed by atoms with van der Waals surface area (Å²) in [5.41, 5.74) is 10.6. The first-order valence-corrected chi connectivity index (χ1v) is 18.8. The van der Waals surface area contributed by atoms with Gasteiger partial charge in [-0.2, -0.15) is 0 Å². The number of ether oxygens (including phenoxy) is 1. The lowest BCUT2D eigenvalue weighted by atomic mass is 10.1. The van der Waals surface area contributed by atoms with E-state index >= 15 is 0 Å². The Morgan fingerprint density at radius 3 is 1.67 bits per heavy atom. The van der Waals surface area contributed by atoms with Crippen molar-refractivity contribution in [3.63, 3.8) is 0 Å². The number of guanidine groups is 1. The van der Waals surface area contributed by atoms with Crippen molar-refractivity contribution in [2.45, 2.75) is 155 Å². The van der Waals surface area contributed by atoms with Gasteiger partial charge < -0.3 is 26.6 Å². The van der Waals surface area contributed by atoms with E-state index in [1.165, 1.54) is 44.9 Å². The van der Waals surface area contributed by atoms with Gasteiger partial charge in [0.1, 0.15) is 6.04 Å². The van der Waals surface area contributed by atoms with Crippen LogP contribution in [0, 0.1) is 0 Å². The van der Waals surface area contributed by atoms with Gasteiger partial charge in [-0.1, -0.05) is 126 Å². The molecule has 0 aliphatic heterocycles. The molecule has 0 rings (SSSR count). The molecule has 6 N–H and O–H groups in total. The van der Waals surface area contributed by atoms with Crippen LogP contribution < -0.4 is 16.8 Å². The minimum atomic E-state index is -0.715. The molecule has 0 heterocycles. The molecule has 0 saturated carbocycles. The number of carboxylic acids is 1. The van der Waals surface area contributed by atoms with E-state index in [1.807, 2.05) is 0 Å². The number of carboxylic acid groups (broad SMARTS) is 1. The van der Waals surface area contributed by atoms with Crippen LogP contribution >= 0.6 is 0 Å². The number of nitrogens with one attached hydrogen (secondary N) is 1. The first kappa shape index (κ1) is 47.5. The third kappa shape index (κ3) is 40.5. The van der Waals surface area contributed by atoms with Gasteiger partial charge >= 0.3 is 11.9 Å². The van der Waals surface area contributed by atoms with E-state index in [2.05, 4.69) is 84.9 Å². The van der Waals surface area contributed by atoms with E-state index in [1.54, 1.807) is 6.92 Å². The number of nitrogens with zero attached hydrogens (tertiary/aromatic N) is 1. The number of hydrogen-bond acceptors (Lipinski definition) is 5. The van der Waals surface area contributed by atoms with E-state index in [0.29, 0.717) is 25.8 Å². The molecule has 0 aliphatic rings. The van der Waals surface area contributed by atoms with Crippen molar-refractivity contribution < 1.29 is 24.2 Å². The first-order chi connectivity index (χ1) is 23.8. The smallest absolute Gasteiger partial charge is 0.328 e. The van der Waals surface area contributed by atoms with Gasteiger partial charge in [-0.05, 0) is 71.1 Å². The minimum absolute atomic E-state index is 0.0251. The second-order valence-electron chi connectivity index (χ2n) is 11.9. The number of rotatable bonds is 30. The van der Waals surface area contributed by atoms with Crippen molar-refractivity contribution >= 4 is 23.8 Å². The van der Waals surface area contributed by atoms with Crippen molar-refractivity contribution in [2.24, 2.45) is 16.5 Å². The van der Waals surface area contributed by atoms with Gasteiger partial charge in [-0.3, -0.25) is 14.6 Å². The molecule has 0 aromatic rings. The Morgan fingerprint density at radius 1 is 0.673 bits per heavy atom. The summed E-state index contributed by atoms with van der Waals surface area (Å²) < 4.78 is 5.04. The molecule has 0 spiro atoms. The predicted octanol–water partition coefficient (Wildman–Crippen LogP) is 9.00. The van der Waals surface area contributed by atoms with Crippen LogP contribution in [-0.4, -0.2) is 48.1 Å². The number of amides is 1. The maximum Gasteiger partial charge on any atom is 0.328 e. The molecule has 1 atom stereocenters. The standard InChI is InChI=1S/C20H40N4O3.C20H30O2/c1-3-5-6-7-8-9-10-11-12-15-18(25)24-17(19(26)27-4-2)14-13-16-23-20(21)22;1-2-3-4-5-6-7-8-9-10-11-12-13-14-15-16-17-18-19-20(21)22/h17H,3-16H2,1-2H3,(H,24,25)(H4,21,22,23);3-4,6-7,9-10,12-13,15-16H,2,5,8,11,14,17-19H2,1H3,(H,21,22)/b;4-3+,7-6+,10-9+,13-12+,16-15+/t17-;/m0./s1. The lowest BCUT2D eigenvalue weighted by Crippen LogP contribution is -2.42. The summed E-state index contributed by atoms with van der Waals surface area (Å²) in [6.45, 7) is 6.83. The highest BCUT2D eigenvalue weighted by molar-refractivity contribution is 5.84. The fourth-order valence-electron chi connectivity index (χ4n) is 4.60. The highest BCUT2D eigenvalue weighted by Crippen LogP contribution is 2.11. The second-order valence-corrected chi connectivity index (χ2v) is 11.9. The molecular weight excluding hydrogens is 616 g/mol. The number of aliphatic carboxylic acids is 1. The van der Waals surface area contributed by atoms with Crippen LogP contribution in [0.25, 0.3) is 0 Å². The number of carbonyl (C=O) groups is 3. The third-order valence-electron chi connectivity index (χ3n) is 7.28. The average Bonchev–Trinajstić information content (AvgIpc) is 3.07. The van der Waals surface area contributed by atoms with Gasteiger partial charge in [-0.15, -0.1) is 0 Å². The van der Waals surface area contributed by atoms with Crippen molar-refractivity contribution in [1.29, 1.82) is 0 Å². The molecule has 49 heavy (non-hydrogen) atoms. The second kappa shape index (κ2) is 38.8. The van der Waals surface area contributed by atoms with Crippen molar-refractivity contribution in [3.8, 4) is 0 Å². The van der Waals surface area contributed by atoms with Gasteiger partial charge in [-0.25, -0.2) is 4.79 Å². The van der Waals surface area contributed by atoms with Crippen LogP contribution in [0.5, 0.6) is 0 Å². The van der Waals surface area contributed by atoms with Crippen molar-refractivity contribution in [2.75, 3.05) is 13.2 Å². The van der Waals surface area contributed by atoms with E-state index in [-0.39, 0.29) is 24.9 Å². The molecule has 0 aromatic heterocycles. The Labute approximate surface area is 298 Å². The van der Waals surface area contributed by atoms with E-state index in [4.69, 9.17) is 21.3 Å². The summed E-state index contributed by atoms with van der Waals surface area (Å²) in [4.78, 5) is 38.3. The van der Waals surface area contributed by atoms with E-state index in [0.717, 1.165) is 57.8 Å². The van der Waals surface area contributed by atoms with Crippen LogP contribution in [0.3, 0.4) is 0 Å². The quantitative estimate of drug-likeness (QED) is 0.0193. The maximum atomic E-state index is 12.1. The molecule has 0 bridgehead atoms. The molecule has 0 radical (unpaired) electrons. The van der Waals surface area contributed by atoms with Gasteiger partial charge in [0.25, 0.3) is 0 Å². The average molecular weight is 687 g/mol. The molecule has 0 fully saturated rings. The third-order valence-corrected chi connectivity index (χ3v) is 7.28. The van der Waals surface area contributed by atoms with E-state index in [9.17, 15) is 14.4 Å². The fraction of sp³-hybridized carbons (Fsp3) is 0.650. The van der Waals surface area contributed by atoms with E-state index < -0.39 is 18.0 Å². The summed E-state index contributed by atoms with van der Waals surface area (Å²) >= 11 is 0. The van der Waals surface area contributed by atoms with Crippen LogP contribution in [0.4, 0.5) is 0 Å². The Balaban J connectivity index is 0. The summed E-state index contributed by atoms with van der Waals surface area (Å²) in [5, 5.41) is 11.3. The number of allylic oxidation sites excluding steroid dienone is 10. The minimum Gasteiger partial charge on any atom is -0.481 e. The fourth-order valence-corrected chi connectivity index (χ4v) is 4.60. The molecule has 0 saturated heterocycles. The Kier molecular flexibility index (Phi) is 37.6. The van der Waals surface area contributed by atoms with Crippen LogP contribution in [0.2, 0.25) is 0 Å². The molecular formula is C40H70N4O5. The van der Waals surface area contributed by atoms with Gasteiger partial charge in [0, 0.05) is 19.4 Å². The Bertz CT molecular complexity index is 981. The number of nitrogens with two attached hydrogens (primary N) is 2. The number of carbonyl (C=O) groups excluding carboxylic acids is 2. The van der Waals surface area contributed by atoms with Gasteiger partial charge in [0.15, 0.2) is 5.96 Å².